The Morgan fingerprint density at radius 1 is 1.50 bits per heavy atom. The zero-order valence-electron chi connectivity index (χ0n) is 10.5. The van der Waals surface area contributed by atoms with Crippen molar-refractivity contribution in [3.8, 4) is 0 Å². The quantitative estimate of drug-likeness (QED) is 0.901. The normalized spacial score (nSPS) is 18.8. The van der Waals surface area contributed by atoms with Crippen LogP contribution in [0.15, 0.2) is 29.9 Å². The zero-order valence-corrected chi connectivity index (χ0v) is 11.3. The van der Waals surface area contributed by atoms with Crippen molar-refractivity contribution >= 4 is 17.0 Å². The third-order valence-electron chi connectivity index (χ3n) is 3.68. The second-order valence-electron chi connectivity index (χ2n) is 4.63. The Morgan fingerprint density at radius 2 is 2.39 bits per heavy atom. The molecule has 0 saturated heterocycles. The predicted octanol–water partition coefficient (Wildman–Crippen LogP) is 2.73. The summed E-state index contributed by atoms with van der Waals surface area (Å²) >= 11 is 1.87. The fourth-order valence-electron chi connectivity index (χ4n) is 2.70. The number of anilines is 1. The van der Waals surface area contributed by atoms with Crippen molar-refractivity contribution in [1.29, 1.82) is 0 Å². The molecule has 0 saturated carbocycles. The van der Waals surface area contributed by atoms with E-state index in [0.717, 1.165) is 18.5 Å². The van der Waals surface area contributed by atoms with E-state index < -0.39 is 0 Å². The van der Waals surface area contributed by atoms with Crippen LogP contribution in [0.2, 0.25) is 0 Å². The molecule has 0 aliphatic carbocycles. The van der Waals surface area contributed by atoms with Gasteiger partial charge in [0, 0.05) is 41.6 Å². The Hall–Kier alpha value is -1.39. The number of fused-ring (bicyclic) bond motifs is 1. The monoisotopic (exact) mass is 259 g/mol. The summed E-state index contributed by atoms with van der Waals surface area (Å²) in [5.41, 5.74) is 9.64. The summed E-state index contributed by atoms with van der Waals surface area (Å²) < 4.78 is 0. The van der Waals surface area contributed by atoms with Gasteiger partial charge < -0.3 is 10.6 Å². The molecule has 0 bridgehead atoms. The second-order valence-corrected chi connectivity index (χ2v) is 5.63. The Labute approximate surface area is 111 Å². The van der Waals surface area contributed by atoms with Crippen molar-refractivity contribution in [2.24, 2.45) is 5.73 Å². The molecule has 3 nitrogen and oxygen atoms in total. The van der Waals surface area contributed by atoms with Crippen molar-refractivity contribution in [1.82, 2.24) is 4.98 Å². The van der Waals surface area contributed by atoms with Crippen molar-refractivity contribution in [2.45, 2.75) is 25.9 Å². The van der Waals surface area contributed by atoms with E-state index in [1.54, 1.807) is 0 Å². The first kappa shape index (κ1) is 11.7. The largest absolute Gasteiger partial charge is 0.364 e. The van der Waals surface area contributed by atoms with Crippen LogP contribution in [0.5, 0.6) is 0 Å². The van der Waals surface area contributed by atoms with Crippen LogP contribution >= 0.6 is 11.3 Å². The van der Waals surface area contributed by atoms with Gasteiger partial charge in [0.25, 0.3) is 0 Å². The maximum absolute atomic E-state index is 5.81. The van der Waals surface area contributed by atoms with Gasteiger partial charge in [-0.3, -0.25) is 4.98 Å². The lowest BCUT2D eigenvalue weighted by atomic mass is 10.00. The van der Waals surface area contributed by atoms with Crippen molar-refractivity contribution in [3.63, 3.8) is 0 Å². The van der Waals surface area contributed by atoms with Crippen LogP contribution in [-0.4, -0.2) is 11.5 Å². The van der Waals surface area contributed by atoms with Crippen LogP contribution in [0.25, 0.3) is 0 Å². The predicted molar refractivity (Wildman–Crippen MR) is 75.9 cm³/mol. The summed E-state index contributed by atoms with van der Waals surface area (Å²) in [5, 5.41) is 2.20. The van der Waals surface area contributed by atoms with Gasteiger partial charge >= 0.3 is 0 Å². The van der Waals surface area contributed by atoms with E-state index in [2.05, 4.69) is 34.3 Å². The molecule has 3 rings (SSSR count). The lowest BCUT2D eigenvalue weighted by Crippen LogP contribution is -2.34. The minimum absolute atomic E-state index is 0.424. The molecular weight excluding hydrogens is 242 g/mol. The van der Waals surface area contributed by atoms with E-state index >= 15 is 0 Å². The van der Waals surface area contributed by atoms with E-state index in [1.165, 1.54) is 16.1 Å². The van der Waals surface area contributed by atoms with E-state index in [-0.39, 0.29) is 0 Å². The van der Waals surface area contributed by atoms with Crippen LogP contribution in [0.3, 0.4) is 0 Å². The van der Waals surface area contributed by atoms with Crippen LogP contribution < -0.4 is 10.6 Å². The first-order chi connectivity index (χ1) is 8.81. The Bertz CT molecular complexity index is 549. The second kappa shape index (κ2) is 4.71. The highest BCUT2D eigenvalue weighted by atomic mass is 32.1. The topological polar surface area (TPSA) is 42.2 Å². The van der Waals surface area contributed by atoms with Gasteiger partial charge in [-0.05, 0) is 36.4 Å². The van der Waals surface area contributed by atoms with Gasteiger partial charge in [0.05, 0.1) is 6.04 Å². The van der Waals surface area contributed by atoms with Crippen LogP contribution in [0, 0.1) is 0 Å². The van der Waals surface area contributed by atoms with Crippen molar-refractivity contribution < 1.29 is 0 Å². The van der Waals surface area contributed by atoms with Gasteiger partial charge in [0.2, 0.25) is 0 Å². The van der Waals surface area contributed by atoms with Gasteiger partial charge in [-0.1, -0.05) is 0 Å². The third-order valence-corrected chi connectivity index (χ3v) is 4.68. The van der Waals surface area contributed by atoms with Gasteiger partial charge in [-0.25, -0.2) is 0 Å². The summed E-state index contributed by atoms with van der Waals surface area (Å²) in [4.78, 5) is 8.14. The van der Waals surface area contributed by atoms with E-state index in [4.69, 9.17) is 5.73 Å². The molecule has 0 aromatic carbocycles. The van der Waals surface area contributed by atoms with Crippen molar-refractivity contribution in [3.05, 3.63) is 45.9 Å². The third kappa shape index (κ3) is 1.82. The lowest BCUT2D eigenvalue weighted by Gasteiger charge is -2.36. The molecule has 2 N–H and O–H groups in total. The number of thiophene rings is 1. The molecule has 1 atom stereocenters. The summed E-state index contributed by atoms with van der Waals surface area (Å²) in [7, 11) is 0. The number of hydrogen-bond donors (Lipinski definition) is 1. The summed E-state index contributed by atoms with van der Waals surface area (Å²) in [6.45, 7) is 3.88. The Morgan fingerprint density at radius 3 is 3.22 bits per heavy atom. The molecule has 0 spiro atoms. The Kier molecular flexibility index (Phi) is 3.06. The zero-order chi connectivity index (χ0) is 12.5. The van der Waals surface area contributed by atoms with Crippen molar-refractivity contribution in [2.75, 3.05) is 11.4 Å². The maximum Gasteiger partial charge on any atom is 0.0525 e. The molecule has 2 aromatic rings. The molecule has 94 valence electrons. The summed E-state index contributed by atoms with van der Waals surface area (Å²) in [6.07, 6.45) is 4.86. The molecule has 18 heavy (non-hydrogen) atoms. The lowest BCUT2D eigenvalue weighted by molar-refractivity contribution is 0.629. The molecule has 1 unspecified atom stereocenters. The molecule has 1 aliphatic heterocycles. The minimum Gasteiger partial charge on any atom is -0.364 e. The molecule has 4 heteroatoms. The number of pyridine rings is 1. The number of hydrogen-bond acceptors (Lipinski definition) is 4. The molecule has 0 radical (unpaired) electrons. The molecule has 0 fully saturated rings. The highest BCUT2D eigenvalue weighted by Crippen LogP contribution is 2.36. The first-order valence-corrected chi connectivity index (χ1v) is 7.15. The van der Waals surface area contributed by atoms with Gasteiger partial charge in [-0.2, -0.15) is 0 Å². The van der Waals surface area contributed by atoms with Crippen LogP contribution in [-0.2, 0) is 13.0 Å². The fraction of sp³-hybridized carbons (Fsp3) is 0.357. The summed E-state index contributed by atoms with van der Waals surface area (Å²) in [6, 6.07) is 4.75. The average Bonchev–Trinajstić information content (AvgIpc) is 2.88. The van der Waals surface area contributed by atoms with E-state index in [9.17, 15) is 0 Å². The SMILES string of the molecule is CC1c2ccsc2CCN1c1ccncc1CN. The molecule has 2 aromatic heterocycles. The fourth-order valence-corrected chi connectivity index (χ4v) is 3.66. The molecule has 3 heterocycles. The van der Waals surface area contributed by atoms with Gasteiger partial charge in [0.15, 0.2) is 0 Å². The highest BCUT2D eigenvalue weighted by molar-refractivity contribution is 7.10. The summed E-state index contributed by atoms with van der Waals surface area (Å²) in [5.74, 6) is 0. The number of nitrogens with zero attached hydrogens (tertiary/aromatic N) is 2. The first-order valence-electron chi connectivity index (χ1n) is 6.27. The average molecular weight is 259 g/mol. The highest BCUT2D eigenvalue weighted by Gasteiger charge is 2.25. The molecular formula is C14H17N3S. The number of nitrogens with two attached hydrogens (primary N) is 1. The van der Waals surface area contributed by atoms with Crippen LogP contribution in [0.4, 0.5) is 5.69 Å². The van der Waals surface area contributed by atoms with Crippen LogP contribution in [0.1, 0.15) is 29.0 Å². The maximum atomic E-state index is 5.81. The molecule has 0 amide bonds. The molecule has 1 aliphatic rings. The Balaban J connectivity index is 1.99. The van der Waals surface area contributed by atoms with Gasteiger partial charge in [0.1, 0.15) is 0 Å². The standard InChI is InChI=1S/C14H17N3S/c1-10-12-4-7-18-14(12)3-6-17(10)13-2-5-16-9-11(13)8-15/h2,4-5,7,9-10H,3,6,8,15H2,1H3. The number of aromatic nitrogens is 1. The number of rotatable bonds is 2. The van der Waals surface area contributed by atoms with E-state index in [0.29, 0.717) is 12.6 Å². The van der Waals surface area contributed by atoms with E-state index in [1.807, 2.05) is 23.7 Å². The van der Waals surface area contributed by atoms with Gasteiger partial charge in [-0.15, -0.1) is 11.3 Å². The smallest absolute Gasteiger partial charge is 0.0525 e. The minimum atomic E-state index is 0.424.